The summed E-state index contributed by atoms with van der Waals surface area (Å²) in [6.45, 7) is 0.439. The van der Waals surface area contributed by atoms with Crippen LogP contribution in [0.15, 0.2) is 36.5 Å². The minimum absolute atomic E-state index is 0.0185. The number of pyridine rings is 1. The highest BCUT2D eigenvalue weighted by Crippen LogP contribution is 2.18. The number of nitrogens with zero attached hydrogens (tertiary/aromatic N) is 1. The molecule has 0 saturated heterocycles. The second-order valence-electron chi connectivity index (χ2n) is 4.12. The highest BCUT2D eigenvalue weighted by Gasteiger charge is 2.10. The minimum Gasteiger partial charge on any atom is -0.478 e. The van der Waals surface area contributed by atoms with Gasteiger partial charge in [-0.15, -0.1) is 0 Å². The zero-order valence-corrected chi connectivity index (χ0v) is 11.2. The van der Waals surface area contributed by atoms with Crippen LogP contribution in [-0.4, -0.2) is 22.6 Å². The topological polar surface area (TPSA) is 62.2 Å². The summed E-state index contributed by atoms with van der Waals surface area (Å²) in [5.74, 6) is -0.984. The van der Waals surface area contributed by atoms with Crippen LogP contribution >= 0.6 is 11.6 Å². The van der Waals surface area contributed by atoms with Gasteiger partial charge in [-0.2, -0.15) is 0 Å². The van der Waals surface area contributed by atoms with Crippen molar-refractivity contribution in [1.82, 2.24) is 4.98 Å². The summed E-state index contributed by atoms with van der Waals surface area (Å²) in [7, 11) is 0. The monoisotopic (exact) mass is 294 g/mol. The Morgan fingerprint density at radius 2 is 2.15 bits per heavy atom. The molecule has 0 amide bonds. The van der Waals surface area contributed by atoms with Gasteiger partial charge in [-0.3, -0.25) is 0 Å². The van der Waals surface area contributed by atoms with E-state index >= 15 is 0 Å². The van der Waals surface area contributed by atoms with Gasteiger partial charge in [0, 0.05) is 12.7 Å². The molecule has 0 unspecified atom stereocenters. The first kappa shape index (κ1) is 14.3. The van der Waals surface area contributed by atoms with Gasteiger partial charge in [0.25, 0.3) is 0 Å². The van der Waals surface area contributed by atoms with Gasteiger partial charge in [0.05, 0.1) is 10.6 Å². The largest absolute Gasteiger partial charge is 0.478 e. The maximum atomic E-state index is 13.4. The zero-order chi connectivity index (χ0) is 14.5. The first-order valence-corrected chi connectivity index (χ1v) is 6.32. The van der Waals surface area contributed by atoms with Gasteiger partial charge in [0.2, 0.25) is 0 Å². The Hall–Kier alpha value is -2.14. The number of rotatable bonds is 5. The number of benzene rings is 1. The molecule has 104 valence electrons. The summed E-state index contributed by atoms with van der Waals surface area (Å²) >= 11 is 5.72. The lowest BCUT2D eigenvalue weighted by Crippen LogP contribution is -2.08. The molecule has 0 fully saturated rings. The smallest absolute Gasteiger partial charge is 0.337 e. The van der Waals surface area contributed by atoms with Crippen LogP contribution in [-0.2, 0) is 6.42 Å². The summed E-state index contributed by atoms with van der Waals surface area (Å²) < 4.78 is 13.4. The molecule has 6 heteroatoms. The van der Waals surface area contributed by atoms with Crippen LogP contribution < -0.4 is 5.32 Å². The van der Waals surface area contributed by atoms with Crippen LogP contribution in [0.25, 0.3) is 0 Å². The molecule has 0 saturated carbocycles. The highest BCUT2D eigenvalue weighted by atomic mass is 35.5. The molecule has 1 aromatic heterocycles. The molecule has 0 spiro atoms. The predicted molar refractivity (Wildman–Crippen MR) is 74.8 cm³/mol. The van der Waals surface area contributed by atoms with Crippen molar-refractivity contribution in [2.75, 3.05) is 11.9 Å². The molecule has 0 atom stereocenters. The maximum absolute atomic E-state index is 13.4. The summed E-state index contributed by atoms with van der Waals surface area (Å²) in [5, 5.41) is 12.0. The van der Waals surface area contributed by atoms with Crippen molar-refractivity contribution in [3.05, 3.63) is 58.5 Å². The molecule has 1 aromatic carbocycles. The molecule has 2 N–H and O–H groups in total. The number of carbonyl (C=O) groups is 1. The van der Waals surface area contributed by atoms with Crippen molar-refractivity contribution < 1.29 is 14.3 Å². The summed E-state index contributed by atoms with van der Waals surface area (Å²) in [5.41, 5.74) is 0.572. The van der Waals surface area contributed by atoms with Crippen molar-refractivity contribution in [2.24, 2.45) is 0 Å². The van der Waals surface area contributed by atoms with Crippen LogP contribution in [0.2, 0.25) is 5.02 Å². The molecule has 0 bridgehead atoms. The first-order valence-electron chi connectivity index (χ1n) is 5.94. The molecule has 20 heavy (non-hydrogen) atoms. The molecule has 0 aliphatic heterocycles. The molecule has 1 heterocycles. The Balaban J connectivity index is 2.00. The third-order valence-electron chi connectivity index (χ3n) is 2.74. The molecular formula is C14H12ClFN2O2. The number of carboxylic acids is 1. The summed E-state index contributed by atoms with van der Waals surface area (Å²) in [4.78, 5) is 14.9. The van der Waals surface area contributed by atoms with E-state index in [0.29, 0.717) is 24.3 Å². The lowest BCUT2D eigenvalue weighted by atomic mass is 10.1. The van der Waals surface area contributed by atoms with Gasteiger partial charge >= 0.3 is 5.97 Å². The van der Waals surface area contributed by atoms with Gasteiger partial charge in [0.1, 0.15) is 11.6 Å². The summed E-state index contributed by atoms with van der Waals surface area (Å²) in [6, 6.07) is 7.85. The number of halogens is 2. The number of hydrogen-bond donors (Lipinski definition) is 2. The molecule has 0 aliphatic carbocycles. The molecule has 2 aromatic rings. The van der Waals surface area contributed by atoms with E-state index in [1.807, 2.05) is 0 Å². The van der Waals surface area contributed by atoms with E-state index in [-0.39, 0.29) is 16.4 Å². The third-order valence-corrected chi connectivity index (χ3v) is 3.05. The Labute approximate surface area is 120 Å². The van der Waals surface area contributed by atoms with Crippen LogP contribution in [0.1, 0.15) is 15.9 Å². The quantitative estimate of drug-likeness (QED) is 0.889. The fourth-order valence-electron chi connectivity index (χ4n) is 1.73. The van der Waals surface area contributed by atoms with E-state index < -0.39 is 5.97 Å². The van der Waals surface area contributed by atoms with Gasteiger partial charge < -0.3 is 10.4 Å². The van der Waals surface area contributed by atoms with Gasteiger partial charge in [-0.1, -0.05) is 29.8 Å². The number of hydrogen-bond acceptors (Lipinski definition) is 3. The Kier molecular flexibility index (Phi) is 4.53. The van der Waals surface area contributed by atoms with Crippen LogP contribution in [0.4, 0.5) is 10.2 Å². The second-order valence-corrected chi connectivity index (χ2v) is 4.53. The molecule has 4 nitrogen and oxygen atoms in total. The third kappa shape index (κ3) is 3.45. The van der Waals surface area contributed by atoms with Crippen molar-refractivity contribution in [3.63, 3.8) is 0 Å². The Bertz CT molecular complexity index is 634. The fraction of sp³-hybridized carbons (Fsp3) is 0.143. The lowest BCUT2D eigenvalue weighted by Gasteiger charge is -2.07. The van der Waals surface area contributed by atoms with Crippen molar-refractivity contribution >= 4 is 23.4 Å². The highest BCUT2D eigenvalue weighted by molar-refractivity contribution is 6.33. The summed E-state index contributed by atoms with van der Waals surface area (Å²) in [6.07, 6.45) is 1.75. The van der Waals surface area contributed by atoms with E-state index in [1.54, 1.807) is 18.2 Å². The Morgan fingerprint density at radius 3 is 2.85 bits per heavy atom. The number of carboxylic acid groups (broad SMARTS) is 1. The Morgan fingerprint density at radius 1 is 1.40 bits per heavy atom. The van der Waals surface area contributed by atoms with Crippen LogP contribution in [0.3, 0.4) is 0 Å². The van der Waals surface area contributed by atoms with Crippen molar-refractivity contribution in [2.45, 2.75) is 6.42 Å². The van der Waals surface area contributed by atoms with Gasteiger partial charge in [-0.25, -0.2) is 14.2 Å². The van der Waals surface area contributed by atoms with E-state index in [4.69, 9.17) is 16.7 Å². The SMILES string of the molecule is O=C(O)c1cc(NCCc2ccccc2F)ncc1Cl. The molecule has 0 radical (unpaired) electrons. The normalized spacial score (nSPS) is 10.3. The standard InChI is InChI=1S/C14H12ClFN2O2/c15-11-8-18-13(7-10(11)14(19)20)17-6-5-9-3-1-2-4-12(9)16/h1-4,7-8H,5-6H2,(H,17,18)(H,19,20). The predicted octanol–water partition coefficient (Wildman–Crippen LogP) is 3.23. The number of anilines is 1. The molecule has 0 aliphatic rings. The zero-order valence-electron chi connectivity index (χ0n) is 10.4. The van der Waals surface area contributed by atoms with Crippen molar-refractivity contribution in [1.29, 1.82) is 0 Å². The van der Waals surface area contributed by atoms with Crippen LogP contribution in [0.5, 0.6) is 0 Å². The van der Waals surface area contributed by atoms with E-state index in [1.165, 1.54) is 18.3 Å². The van der Waals surface area contributed by atoms with E-state index in [2.05, 4.69) is 10.3 Å². The second kappa shape index (κ2) is 6.34. The number of aromatic carboxylic acids is 1. The number of nitrogens with one attached hydrogen (secondary N) is 1. The van der Waals surface area contributed by atoms with Crippen LogP contribution in [0, 0.1) is 5.82 Å². The van der Waals surface area contributed by atoms with Gasteiger partial charge in [-0.05, 0) is 24.1 Å². The van der Waals surface area contributed by atoms with E-state index in [0.717, 1.165) is 0 Å². The fourth-order valence-corrected chi connectivity index (χ4v) is 1.91. The van der Waals surface area contributed by atoms with Crippen molar-refractivity contribution in [3.8, 4) is 0 Å². The molecule has 2 rings (SSSR count). The lowest BCUT2D eigenvalue weighted by molar-refractivity contribution is 0.0697. The minimum atomic E-state index is -1.12. The average Bonchev–Trinajstić information content (AvgIpc) is 2.42. The van der Waals surface area contributed by atoms with E-state index in [9.17, 15) is 9.18 Å². The van der Waals surface area contributed by atoms with Gasteiger partial charge in [0.15, 0.2) is 0 Å². The number of aromatic nitrogens is 1. The molecular weight excluding hydrogens is 283 g/mol. The average molecular weight is 295 g/mol. The maximum Gasteiger partial charge on any atom is 0.337 e. The first-order chi connectivity index (χ1) is 9.58.